The lowest BCUT2D eigenvalue weighted by Gasteiger charge is -2.22. The number of anilines is 1. The Labute approximate surface area is 123 Å². The lowest BCUT2D eigenvalue weighted by Crippen LogP contribution is -2.29. The number of fused-ring (bicyclic) bond motifs is 1. The molecule has 1 fully saturated rings. The van der Waals surface area contributed by atoms with Crippen molar-refractivity contribution in [1.82, 2.24) is 9.88 Å². The summed E-state index contributed by atoms with van der Waals surface area (Å²) in [5.41, 5.74) is 1.05. The van der Waals surface area contributed by atoms with E-state index in [1.54, 1.807) is 12.1 Å². The van der Waals surface area contributed by atoms with Gasteiger partial charge in [0.2, 0.25) is 0 Å². The molecule has 0 amide bonds. The van der Waals surface area contributed by atoms with Gasteiger partial charge < -0.3 is 14.9 Å². The third-order valence-corrected chi connectivity index (χ3v) is 3.99. The van der Waals surface area contributed by atoms with Gasteiger partial charge in [-0.2, -0.15) is 0 Å². The van der Waals surface area contributed by atoms with E-state index in [-0.39, 0.29) is 0 Å². The van der Waals surface area contributed by atoms with Gasteiger partial charge in [-0.05, 0) is 44.3 Å². The molecule has 5 heteroatoms. The van der Waals surface area contributed by atoms with E-state index >= 15 is 0 Å². The molecule has 1 aromatic heterocycles. The molecule has 1 aliphatic rings. The predicted octanol–water partition coefficient (Wildman–Crippen LogP) is 2.07. The van der Waals surface area contributed by atoms with Gasteiger partial charge in [-0.1, -0.05) is 6.07 Å². The number of pyridine rings is 1. The number of rotatable bonds is 2. The minimum absolute atomic E-state index is 0.308. The number of hydrogen-bond donors (Lipinski definition) is 1. The minimum Gasteiger partial charge on any atom is -0.478 e. The van der Waals surface area contributed by atoms with Crippen LogP contribution in [0.5, 0.6) is 0 Å². The van der Waals surface area contributed by atoms with Crippen molar-refractivity contribution >= 4 is 22.7 Å². The topological polar surface area (TPSA) is 56.7 Å². The van der Waals surface area contributed by atoms with Gasteiger partial charge in [-0.3, -0.25) is 0 Å². The number of hydrogen-bond acceptors (Lipinski definition) is 4. The lowest BCUT2D eigenvalue weighted by atomic mass is 10.1. The molecule has 0 atom stereocenters. The number of carboxylic acid groups (broad SMARTS) is 1. The Morgan fingerprint density at radius 1 is 1.14 bits per heavy atom. The number of nitrogens with zero attached hydrogens (tertiary/aromatic N) is 3. The third-order valence-electron chi connectivity index (χ3n) is 3.99. The van der Waals surface area contributed by atoms with Gasteiger partial charge in [0.1, 0.15) is 5.82 Å². The first-order chi connectivity index (χ1) is 10.1. The molecule has 1 saturated heterocycles. The first-order valence-corrected chi connectivity index (χ1v) is 7.22. The maximum Gasteiger partial charge on any atom is 0.336 e. The molecule has 2 heterocycles. The van der Waals surface area contributed by atoms with E-state index in [1.807, 2.05) is 18.2 Å². The zero-order chi connectivity index (χ0) is 14.8. The molecule has 0 radical (unpaired) electrons. The van der Waals surface area contributed by atoms with Gasteiger partial charge in [0.05, 0.1) is 11.1 Å². The molecule has 0 aliphatic carbocycles. The Kier molecular flexibility index (Phi) is 3.75. The number of aromatic nitrogens is 1. The quantitative estimate of drug-likeness (QED) is 0.915. The Morgan fingerprint density at radius 2 is 2.00 bits per heavy atom. The predicted molar refractivity (Wildman–Crippen MR) is 83.0 cm³/mol. The fraction of sp³-hybridized carbons (Fsp3) is 0.375. The van der Waals surface area contributed by atoms with Gasteiger partial charge >= 0.3 is 5.97 Å². The normalized spacial score (nSPS) is 16.9. The Morgan fingerprint density at radius 3 is 2.81 bits per heavy atom. The van der Waals surface area contributed by atoms with Crippen LogP contribution in [0.2, 0.25) is 0 Å². The first kappa shape index (κ1) is 13.8. The summed E-state index contributed by atoms with van der Waals surface area (Å²) in [6, 6.07) is 9.04. The molecule has 1 N–H and O–H groups in total. The summed E-state index contributed by atoms with van der Waals surface area (Å²) in [7, 11) is 2.14. The molecule has 1 aromatic carbocycles. The highest BCUT2D eigenvalue weighted by Crippen LogP contribution is 2.22. The average Bonchev–Trinajstić information content (AvgIpc) is 2.70. The second kappa shape index (κ2) is 5.69. The van der Waals surface area contributed by atoms with E-state index in [0.717, 1.165) is 43.9 Å². The molecule has 1 aliphatic heterocycles. The molecule has 21 heavy (non-hydrogen) atoms. The van der Waals surface area contributed by atoms with Crippen molar-refractivity contribution in [2.75, 3.05) is 38.1 Å². The van der Waals surface area contributed by atoms with E-state index in [2.05, 4.69) is 21.8 Å². The van der Waals surface area contributed by atoms with Crippen LogP contribution in [0, 0.1) is 0 Å². The Balaban J connectivity index is 1.96. The molecule has 0 unspecified atom stereocenters. The fourth-order valence-corrected chi connectivity index (χ4v) is 2.78. The van der Waals surface area contributed by atoms with Crippen LogP contribution >= 0.6 is 0 Å². The minimum atomic E-state index is -0.911. The highest BCUT2D eigenvalue weighted by atomic mass is 16.4. The first-order valence-electron chi connectivity index (χ1n) is 7.22. The van der Waals surface area contributed by atoms with Crippen molar-refractivity contribution < 1.29 is 9.90 Å². The van der Waals surface area contributed by atoms with E-state index in [4.69, 9.17) is 0 Å². The summed E-state index contributed by atoms with van der Waals surface area (Å²) >= 11 is 0. The molecule has 5 nitrogen and oxygen atoms in total. The summed E-state index contributed by atoms with van der Waals surface area (Å²) in [4.78, 5) is 20.5. The molecular weight excluding hydrogens is 266 g/mol. The van der Waals surface area contributed by atoms with Crippen LogP contribution in [0.25, 0.3) is 10.9 Å². The summed E-state index contributed by atoms with van der Waals surface area (Å²) in [5.74, 6) is 0.0203. The SMILES string of the molecule is CN1CCCN(c2ccc3c(C(=O)O)cccc3n2)CC1. The van der Waals surface area contributed by atoms with Gasteiger partial charge in [0, 0.05) is 25.0 Å². The van der Waals surface area contributed by atoms with Crippen LogP contribution < -0.4 is 4.90 Å². The van der Waals surface area contributed by atoms with E-state index < -0.39 is 5.97 Å². The number of likely N-dealkylation sites (N-methyl/N-ethyl adjacent to an activating group) is 1. The number of carboxylic acids is 1. The van der Waals surface area contributed by atoms with E-state index in [9.17, 15) is 9.90 Å². The number of aromatic carboxylic acids is 1. The van der Waals surface area contributed by atoms with Gasteiger partial charge in [-0.15, -0.1) is 0 Å². The zero-order valence-electron chi connectivity index (χ0n) is 12.1. The molecule has 2 aromatic rings. The Hall–Kier alpha value is -2.14. The molecule has 3 rings (SSSR count). The van der Waals surface area contributed by atoms with Crippen LogP contribution in [0.1, 0.15) is 16.8 Å². The smallest absolute Gasteiger partial charge is 0.336 e. The molecule has 0 spiro atoms. The maximum absolute atomic E-state index is 11.2. The number of carbonyl (C=O) groups is 1. The zero-order valence-corrected chi connectivity index (χ0v) is 12.1. The van der Waals surface area contributed by atoms with Crippen molar-refractivity contribution in [3.05, 3.63) is 35.9 Å². The van der Waals surface area contributed by atoms with E-state index in [0.29, 0.717) is 10.9 Å². The molecule has 110 valence electrons. The fourth-order valence-electron chi connectivity index (χ4n) is 2.78. The molecular formula is C16H19N3O2. The molecule has 0 bridgehead atoms. The summed E-state index contributed by atoms with van der Waals surface area (Å²) in [6.07, 6.45) is 1.12. The third kappa shape index (κ3) is 2.83. The molecule has 0 saturated carbocycles. The van der Waals surface area contributed by atoms with Crippen LogP contribution in [-0.2, 0) is 0 Å². The standard InChI is InChI=1S/C16H19N3O2/c1-18-8-3-9-19(11-10-18)15-7-6-12-13(16(20)21)4-2-5-14(12)17-15/h2,4-7H,3,8-11H2,1H3,(H,20,21). The largest absolute Gasteiger partial charge is 0.478 e. The average molecular weight is 285 g/mol. The van der Waals surface area contributed by atoms with Crippen molar-refractivity contribution in [3.63, 3.8) is 0 Å². The van der Waals surface area contributed by atoms with Gasteiger partial charge in [0.15, 0.2) is 0 Å². The van der Waals surface area contributed by atoms with Crippen molar-refractivity contribution in [2.24, 2.45) is 0 Å². The Bertz CT molecular complexity index is 672. The highest BCUT2D eigenvalue weighted by Gasteiger charge is 2.15. The monoisotopic (exact) mass is 285 g/mol. The highest BCUT2D eigenvalue weighted by molar-refractivity contribution is 6.02. The van der Waals surface area contributed by atoms with Crippen LogP contribution in [0.4, 0.5) is 5.82 Å². The second-order valence-electron chi connectivity index (χ2n) is 5.49. The summed E-state index contributed by atoms with van der Waals surface area (Å²) in [6.45, 7) is 4.07. The van der Waals surface area contributed by atoms with Crippen molar-refractivity contribution in [2.45, 2.75) is 6.42 Å². The van der Waals surface area contributed by atoms with Gasteiger partial charge in [0.25, 0.3) is 0 Å². The van der Waals surface area contributed by atoms with Crippen molar-refractivity contribution in [3.8, 4) is 0 Å². The van der Waals surface area contributed by atoms with Crippen LogP contribution in [0.15, 0.2) is 30.3 Å². The maximum atomic E-state index is 11.2. The summed E-state index contributed by atoms with van der Waals surface area (Å²) in [5, 5.41) is 9.92. The van der Waals surface area contributed by atoms with Crippen LogP contribution in [-0.4, -0.2) is 54.2 Å². The lowest BCUT2D eigenvalue weighted by molar-refractivity contribution is 0.0699. The van der Waals surface area contributed by atoms with Crippen LogP contribution in [0.3, 0.4) is 0 Å². The van der Waals surface area contributed by atoms with E-state index in [1.165, 1.54) is 0 Å². The number of benzene rings is 1. The second-order valence-corrected chi connectivity index (χ2v) is 5.49. The van der Waals surface area contributed by atoms with Crippen molar-refractivity contribution in [1.29, 1.82) is 0 Å². The van der Waals surface area contributed by atoms with Gasteiger partial charge in [-0.25, -0.2) is 9.78 Å². The summed E-state index contributed by atoms with van der Waals surface area (Å²) < 4.78 is 0.